The summed E-state index contributed by atoms with van der Waals surface area (Å²) in [4.78, 5) is 2.71. The fourth-order valence-electron chi connectivity index (χ4n) is 5.07. The van der Waals surface area contributed by atoms with Crippen LogP contribution in [0.1, 0.15) is 57.7 Å². The van der Waals surface area contributed by atoms with Crippen molar-refractivity contribution in [2.24, 2.45) is 17.8 Å². The van der Waals surface area contributed by atoms with Gasteiger partial charge in [-0.2, -0.15) is 0 Å². The minimum Gasteiger partial charge on any atom is -0.293 e. The lowest BCUT2D eigenvalue weighted by Crippen LogP contribution is -2.38. The molecule has 5 rings (SSSR count). The largest absolute Gasteiger partial charge is 0.293 e. The van der Waals surface area contributed by atoms with Crippen LogP contribution in [-0.4, -0.2) is 37.7 Å². The average Bonchev–Trinajstić information content (AvgIpc) is 2.82. The standard InChI is InChI=1S/C16H27N5/c1-2-3-4-21-16(17-18-19-21)11-20-10-14-6-12-5-13(7-14)9-15(20)8-12/h12-15H,2-11H2,1H3/t12-,13+,14?,15?. The Kier molecular flexibility index (Phi) is 3.69. The topological polar surface area (TPSA) is 46.8 Å². The van der Waals surface area contributed by atoms with Gasteiger partial charge in [0.15, 0.2) is 5.82 Å². The van der Waals surface area contributed by atoms with Gasteiger partial charge >= 0.3 is 0 Å². The van der Waals surface area contributed by atoms with E-state index in [2.05, 4.69) is 27.3 Å². The Morgan fingerprint density at radius 1 is 1.05 bits per heavy atom. The molecule has 4 bridgehead atoms. The maximum atomic E-state index is 4.30. The maximum Gasteiger partial charge on any atom is 0.165 e. The lowest BCUT2D eigenvalue weighted by molar-refractivity contribution is 0.119. The second-order valence-corrected chi connectivity index (χ2v) is 7.53. The Morgan fingerprint density at radius 3 is 2.57 bits per heavy atom. The van der Waals surface area contributed by atoms with Gasteiger partial charge in [-0.05, 0) is 66.7 Å². The van der Waals surface area contributed by atoms with Gasteiger partial charge in [0.25, 0.3) is 0 Å². The number of aromatic nitrogens is 4. The third-order valence-electron chi connectivity index (χ3n) is 5.89. The van der Waals surface area contributed by atoms with Crippen molar-refractivity contribution in [2.75, 3.05) is 6.54 Å². The summed E-state index contributed by atoms with van der Waals surface area (Å²) in [6.45, 7) is 5.41. The molecule has 1 aromatic rings. The maximum absolute atomic E-state index is 4.30. The Labute approximate surface area is 127 Å². The molecule has 5 heteroatoms. The molecule has 116 valence electrons. The Hall–Kier alpha value is -0.970. The minimum atomic E-state index is 0.789. The van der Waals surface area contributed by atoms with Crippen LogP contribution in [0.5, 0.6) is 0 Å². The van der Waals surface area contributed by atoms with Gasteiger partial charge in [-0.3, -0.25) is 4.90 Å². The van der Waals surface area contributed by atoms with Crippen LogP contribution in [0, 0.1) is 17.8 Å². The van der Waals surface area contributed by atoms with Gasteiger partial charge in [0.2, 0.25) is 0 Å². The second kappa shape index (κ2) is 5.67. The number of tetrazole rings is 1. The van der Waals surface area contributed by atoms with Crippen LogP contribution in [0.25, 0.3) is 0 Å². The summed E-state index contributed by atoms with van der Waals surface area (Å²) in [7, 11) is 0. The molecule has 2 aliphatic heterocycles. The molecule has 2 unspecified atom stereocenters. The molecule has 21 heavy (non-hydrogen) atoms. The zero-order valence-electron chi connectivity index (χ0n) is 13.1. The molecule has 0 spiro atoms. The van der Waals surface area contributed by atoms with Crippen molar-refractivity contribution < 1.29 is 0 Å². The summed E-state index contributed by atoms with van der Waals surface area (Å²) in [6, 6.07) is 0.789. The lowest BCUT2D eigenvalue weighted by Gasteiger charge is -2.39. The molecule has 0 aromatic carbocycles. The highest BCUT2D eigenvalue weighted by Gasteiger charge is 2.42. The number of hydrogen-bond donors (Lipinski definition) is 0. The molecule has 0 radical (unpaired) electrons. The Balaban J connectivity index is 1.48. The smallest absolute Gasteiger partial charge is 0.165 e. The predicted molar refractivity (Wildman–Crippen MR) is 80.5 cm³/mol. The summed E-state index contributed by atoms with van der Waals surface area (Å²) < 4.78 is 2.03. The van der Waals surface area contributed by atoms with Crippen LogP contribution in [0.2, 0.25) is 0 Å². The highest BCUT2D eigenvalue weighted by atomic mass is 15.5. The molecular formula is C16H27N5. The van der Waals surface area contributed by atoms with Gasteiger partial charge in [-0.25, -0.2) is 4.68 Å². The number of fused-ring (bicyclic) bond motifs is 1. The quantitative estimate of drug-likeness (QED) is 0.835. The van der Waals surface area contributed by atoms with E-state index in [0.29, 0.717) is 0 Å². The van der Waals surface area contributed by atoms with E-state index in [1.54, 1.807) is 0 Å². The first-order valence-corrected chi connectivity index (χ1v) is 8.81. The number of aryl methyl sites for hydroxylation is 1. The SMILES string of the molecule is CCCCn1nnnc1CN1CC2C[C@@H]3CC1C[C@H](C2)C3. The highest BCUT2D eigenvalue weighted by molar-refractivity contribution is 4.97. The minimum absolute atomic E-state index is 0.789. The normalized spacial score (nSPS) is 35.3. The molecule has 0 N–H and O–H groups in total. The van der Waals surface area contributed by atoms with Gasteiger partial charge in [0, 0.05) is 19.1 Å². The fourth-order valence-corrected chi connectivity index (χ4v) is 5.07. The molecule has 4 fully saturated rings. The van der Waals surface area contributed by atoms with Crippen molar-refractivity contribution in [2.45, 2.75) is 71.0 Å². The predicted octanol–water partition coefficient (Wildman–Crippen LogP) is 2.48. The van der Waals surface area contributed by atoms with Crippen LogP contribution in [0.4, 0.5) is 0 Å². The van der Waals surface area contributed by atoms with Gasteiger partial charge in [0.05, 0.1) is 6.54 Å². The molecule has 0 amide bonds. The van der Waals surface area contributed by atoms with Crippen molar-refractivity contribution in [3.63, 3.8) is 0 Å². The van der Waals surface area contributed by atoms with E-state index < -0.39 is 0 Å². The van der Waals surface area contributed by atoms with E-state index in [-0.39, 0.29) is 0 Å². The van der Waals surface area contributed by atoms with Gasteiger partial charge < -0.3 is 0 Å². The molecule has 5 nitrogen and oxygen atoms in total. The van der Waals surface area contributed by atoms with Crippen LogP contribution >= 0.6 is 0 Å². The van der Waals surface area contributed by atoms with Crippen molar-refractivity contribution in [3.8, 4) is 0 Å². The zero-order valence-corrected chi connectivity index (χ0v) is 13.1. The zero-order chi connectivity index (χ0) is 14.2. The summed E-state index contributed by atoms with van der Waals surface area (Å²) in [5.41, 5.74) is 0. The molecule has 2 aliphatic carbocycles. The number of hydrogen-bond acceptors (Lipinski definition) is 4. The molecule has 3 heterocycles. The van der Waals surface area contributed by atoms with Crippen LogP contribution in [-0.2, 0) is 13.1 Å². The lowest BCUT2D eigenvalue weighted by atomic mass is 9.68. The number of nitrogens with zero attached hydrogens (tertiary/aromatic N) is 5. The molecule has 1 aromatic heterocycles. The molecule has 4 aliphatic rings. The fraction of sp³-hybridized carbons (Fsp3) is 0.938. The first-order valence-electron chi connectivity index (χ1n) is 8.81. The summed E-state index contributed by atoms with van der Waals surface area (Å²) >= 11 is 0. The van der Waals surface area contributed by atoms with Gasteiger partial charge in [0.1, 0.15) is 0 Å². The second-order valence-electron chi connectivity index (χ2n) is 7.53. The van der Waals surface area contributed by atoms with Crippen LogP contribution in [0.15, 0.2) is 0 Å². The third kappa shape index (κ3) is 2.72. The first-order chi connectivity index (χ1) is 10.3. The highest BCUT2D eigenvalue weighted by Crippen LogP contribution is 2.47. The van der Waals surface area contributed by atoms with E-state index in [9.17, 15) is 0 Å². The van der Waals surface area contributed by atoms with E-state index in [4.69, 9.17) is 0 Å². The molecule has 2 saturated carbocycles. The van der Waals surface area contributed by atoms with Crippen molar-refractivity contribution in [1.29, 1.82) is 0 Å². The van der Waals surface area contributed by atoms with Crippen LogP contribution < -0.4 is 0 Å². The third-order valence-corrected chi connectivity index (χ3v) is 5.89. The summed E-state index contributed by atoms with van der Waals surface area (Å²) in [6.07, 6.45) is 9.65. The monoisotopic (exact) mass is 289 g/mol. The number of rotatable bonds is 5. The molecule has 2 saturated heterocycles. The average molecular weight is 289 g/mol. The molecule has 4 atom stereocenters. The van der Waals surface area contributed by atoms with Gasteiger partial charge in [-0.15, -0.1) is 5.10 Å². The summed E-state index contributed by atoms with van der Waals surface area (Å²) in [5.74, 6) is 4.02. The first kappa shape index (κ1) is 13.7. The van der Waals surface area contributed by atoms with E-state index >= 15 is 0 Å². The van der Waals surface area contributed by atoms with Gasteiger partial charge in [-0.1, -0.05) is 13.3 Å². The van der Waals surface area contributed by atoms with Crippen molar-refractivity contribution in [1.82, 2.24) is 25.1 Å². The van der Waals surface area contributed by atoms with E-state index in [1.807, 2.05) is 4.68 Å². The van der Waals surface area contributed by atoms with E-state index in [0.717, 1.165) is 49.1 Å². The van der Waals surface area contributed by atoms with Crippen molar-refractivity contribution in [3.05, 3.63) is 5.82 Å². The van der Waals surface area contributed by atoms with Crippen LogP contribution in [0.3, 0.4) is 0 Å². The van der Waals surface area contributed by atoms with Crippen molar-refractivity contribution >= 4 is 0 Å². The number of unbranched alkanes of at least 4 members (excludes halogenated alkanes) is 1. The molecular weight excluding hydrogens is 262 g/mol. The Bertz CT molecular complexity index is 471. The summed E-state index contributed by atoms with van der Waals surface area (Å²) in [5, 5.41) is 12.4. The van der Waals surface area contributed by atoms with E-state index in [1.165, 1.54) is 45.1 Å². The Morgan fingerprint density at radius 2 is 1.81 bits per heavy atom.